The molecule has 5 nitrogen and oxygen atoms in total. The van der Waals surface area contributed by atoms with Crippen molar-refractivity contribution in [3.8, 4) is 0 Å². The average Bonchev–Trinajstić information content (AvgIpc) is 3.06. The molecule has 1 aromatic heterocycles. The van der Waals surface area contributed by atoms with E-state index in [1.807, 2.05) is 53.4 Å². The lowest BCUT2D eigenvalue weighted by atomic mass is 10.2. The minimum Gasteiger partial charge on any atom is -0.390 e. The third-order valence-electron chi connectivity index (χ3n) is 4.97. The fourth-order valence-corrected chi connectivity index (χ4v) is 3.87. The molecule has 0 saturated carbocycles. The minimum atomic E-state index is -0.417. The zero-order valence-corrected chi connectivity index (χ0v) is 15.4. The van der Waals surface area contributed by atoms with Crippen LogP contribution >= 0.6 is 11.6 Å². The predicted octanol–water partition coefficient (Wildman–Crippen LogP) is 2.87. The molecule has 0 radical (unpaired) electrons. The summed E-state index contributed by atoms with van der Waals surface area (Å²) in [6, 6.07) is 16.0. The molecule has 2 heterocycles. The largest absolute Gasteiger partial charge is 0.390 e. The Bertz CT molecular complexity index is 873. The van der Waals surface area contributed by atoms with Crippen LogP contribution in [0.25, 0.3) is 11.0 Å². The predicted molar refractivity (Wildman–Crippen MR) is 106 cm³/mol. The summed E-state index contributed by atoms with van der Waals surface area (Å²) < 4.78 is 2.03. The smallest absolute Gasteiger partial charge is 0.0959 e. The Balaban J connectivity index is 1.32. The zero-order valence-electron chi connectivity index (χ0n) is 14.6. The number of fused-ring (bicyclic) bond motifs is 1. The second kappa shape index (κ2) is 7.66. The standard InChI is InChI=1S/C20H23ClN4O/c21-17-5-1-3-7-19(17)24-11-9-23(10-12-24)13-16(26)14-25-15-22-18-6-2-4-8-20(18)25/h1-8,15-16,26H,9-14H2. The Kier molecular flexibility index (Phi) is 5.11. The van der Waals surface area contributed by atoms with E-state index in [9.17, 15) is 5.11 Å². The molecule has 0 spiro atoms. The number of halogens is 1. The Morgan fingerprint density at radius 3 is 2.50 bits per heavy atom. The van der Waals surface area contributed by atoms with Crippen molar-refractivity contribution in [2.75, 3.05) is 37.6 Å². The molecule has 26 heavy (non-hydrogen) atoms. The molecule has 2 aromatic carbocycles. The van der Waals surface area contributed by atoms with Crippen LogP contribution in [0.2, 0.25) is 5.02 Å². The number of nitrogens with zero attached hydrogens (tertiary/aromatic N) is 4. The number of hydrogen-bond donors (Lipinski definition) is 1. The van der Waals surface area contributed by atoms with Gasteiger partial charge in [0.25, 0.3) is 0 Å². The van der Waals surface area contributed by atoms with Crippen LogP contribution < -0.4 is 4.90 Å². The van der Waals surface area contributed by atoms with Crippen LogP contribution in [0, 0.1) is 0 Å². The number of para-hydroxylation sites is 3. The lowest BCUT2D eigenvalue weighted by molar-refractivity contribution is 0.0959. The lowest BCUT2D eigenvalue weighted by Crippen LogP contribution is -2.49. The van der Waals surface area contributed by atoms with Gasteiger partial charge in [-0.15, -0.1) is 0 Å². The number of anilines is 1. The minimum absolute atomic E-state index is 0.417. The lowest BCUT2D eigenvalue weighted by Gasteiger charge is -2.37. The van der Waals surface area contributed by atoms with Gasteiger partial charge in [-0.1, -0.05) is 35.9 Å². The fraction of sp³-hybridized carbons (Fsp3) is 0.350. The van der Waals surface area contributed by atoms with E-state index in [-0.39, 0.29) is 0 Å². The number of aliphatic hydroxyl groups is 1. The van der Waals surface area contributed by atoms with Gasteiger partial charge in [-0.25, -0.2) is 4.98 Å². The number of hydrogen-bond acceptors (Lipinski definition) is 4. The molecular formula is C20H23ClN4O. The molecule has 3 aromatic rings. The molecule has 4 rings (SSSR count). The van der Waals surface area contributed by atoms with Gasteiger partial charge in [-0.2, -0.15) is 0 Å². The molecule has 1 N–H and O–H groups in total. The van der Waals surface area contributed by atoms with Crippen LogP contribution in [-0.2, 0) is 6.54 Å². The summed E-state index contributed by atoms with van der Waals surface area (Å²) in [5.41, 5.74) is 3.13. The van der Waals surface area contributed by atoms with Gasteiger partial charge in [0, 0.05) is 32.7 Å². The first kappa shape index (κ1) is 17.3. The fourth-order valence-electron chi connectivity index (χ4n) is 3.62. The number of rotatable bonds is 5. The van der Waals surface area contributed by atoms with Crippen LogP contribution in [0.15, 0.2) is 54.9 Å². The van der Waals surface area contributed by atoms with E-state index in [4.69, 9.17) is 11.6 Å². The van der Waals surface area contributed by atoms with Gasteiger partial charge < -0.3 is 14.6 Å². The van der Waals surface area contributed by atoms with Crippen LogP contribution in [0.5, 0.6) is 0 Å². The van der Waals surface area contributed by atoms with Gasteiger partial charge in [-0.05, 0) is 24.3 Å². The topological polar surface area (TPSA) is 44.5 Å². The summed E-state index contributed by atoms with van der Waals surface area (Å²) in [6.07, 6.45) is 1.39. The van der Waals surface area contributed by atoms with Crippen LogP contribution in [0.3, 0.4) is 0 Å². The van der Waals surface area contributed by atoms with E-state index in [1.165, 1.54) is 0 Å². The number of aliphatic hydroxyl groups excluding tert-OH is 1. The maximum atomic E-state index is 10.5. The molecule has 0 amide bonds. The van der Waals surface area contributed by atoms with Gasteiger partial charge in [0.1, 0.15) is 0 Å². The van der Waals surface area contributed by atoms with E-state index < -0.39 is 6.10 Å². The molecule has 6 heteroatoms. The van der Waals surface area contributed by atoms with Gasteiger partial charge in [0.05, 0.1) is 40.7 Å². The first-order valence-electron chi connectivity index (χ1n) is 9.00. The quantitative estimate of drug-likeness (QED) is 0.750. The number of imidazole rings is 1. The zero-order chi connectivity index (χ0) is 17.9. The average molecular weight is 371 g/mol. The molecule has 1 atom stereocenters. The maximum Gasteiger partial charge on any atom is 0.0959 e. The molecular weight excluding hydrogens is 348 g/mol. The van der Waals surface area contributed by atoms with Crippen molar-refractivity contribution in [3.05, 3.63) is 59.9 Å². The van der Waals surface area contributed by atoms with Crippen LogP contribution in [0.4, 0.5) is 5.69 Å². The van der Waals surface area contributed by atoms with Crippen molar-refractivity contribution in [2.45, 2.75) is 12.6 Å². The van der Waals surface area contributed by atoms with Gasteiger partial charge >= 0.3 is 0 Å². The molecule has 0 bridgehead atoms. The van der Waals surface area contributed by atoms with E-state index in [1.54, 1.807) is 0 Å². The van der Waals surface area contributed by atoms with E-state index in [0.29, 0.717) is 13.1 Å². The normalized spacial score (nSPS) is 16.9. The summed E-state index contributed by atoms with van der Waals surface area (Å²) in [5.74, 6) is 0. The number of piperazine rings is 1. The van der Waals surface area contributed by atoms with Gasteiger partial charge in [0.2, 0.25) is 0 Å². The Hall–Kier alpha value is -2.08. The monoisotopic (exact) mass is 370 g/mol. The summed E-state index contributed by atoms with van der Waals surface area (Å²) in [5, 5.41) is 11.3. The molecule has 1 saturated heterocycles. The molecule has 1 aliphatic heterocycles. The molecule has 136 valence electrons. The van der Waals surface area contributed by atoms with Crippen molar-refractivity contribution < 1.29 is 5.11 Å². The second-order valence-electron chi connectivity index (χ2n) is 6.78. The highest BCUT2D eigenvalue weighted by molar-refractivity contribution is 6.33. The third-order valence-corrected chi connectivity index (χ3v) is 5.29. The van der Waals surface area contributed by atoms with Crippen molar-refractivity contribution >= 4 is 28.3 Å². The number of aromatic nitrogens is 2. The molecule has 1 aliphatic rings. The highest BCUT2D eigenvalue weighted by atomic mass is 35.5. The maximum absolute atomic E-state index is 10.5. The van der Waals surface area contributed by atoms with E-state index in [0.717, 1.165) is 47.9 Å². The molecule has 0 aliphatic carbocycles. The second-order valence-corrected chi connectivity index (χ2v) is 7.19. The summed E-state index contributed by atoms with van der Waals surface area (Å²) >= 11 is 6.30. The van der Waals surface area contributed by atoms with Gasteiger partial charge in [0.15, 0.2) is 0 Å². The van der Waals surface area contributed by atoms with Gasteiger partial charge in [-0.3, -0.25) is 4.90 Å². The van der Waals surface area contributed by atoms with E-state index in [2.05, 4.69) is 20.9 Å². The van der Waals surface area contributed by atoms with E-state index >= 15 is 0 Å². The molecule has 1 unspecified atom stereocenters. The molecule has 1 fully saturated rings. The van der Waals surface area contributed by atoms with Crippen LogP contribution in [-0.4, -0.2) is 58.4 Å². The Morgan fingerprint density at radius 2 is 1.69 bits per heavy atom. The Labute approximate surface area is 158 Å². The van der Waals surface area contributed by atoms with Crippen molar-refractivity contribution in [3.63, 3.8) is 0 Å². The first-order valence-corrected chi connectivity index (χ1v) is 9.38. The highest BCUT2D eigenvalue weighted by Gasteiger charge is 2.21. The third kappa shape index (κ3) is 3.70. The number of β-amino-alcohol motifs (C(OH)–C–C–N with tert-alkyl or cyclic N) is 1. The van der Waals surface area contributed by atoms with Crippen molar-refractivity contribution in [1.82, 2.24) is 14.5 Å². The Morgan fingerprint density at radius 1 is 0.962 bits per heavy atom. The highest BCUT2D eigenvalue weighted by Crippen LogP contribution is 2.26. The number of benzene rings is 2. The van der Waals surface area contributed by atoms with Crippen LogP contribution in [0.1, 0.15) is 0 Å². The summed E-state index contributed by atoms with van der Waals surface area (Å²) in [4.78, 5) is 9.02. The van der Waals surface area contributed by atoms with Crippen molar-refractivity contribution in [2.24, 2.45) is 0 Å². The summed E-state index contributed by atoms with van der Waals surface area (Å²) in [6.45, 7) is 4.92. The summed E-state index contributed by atoms with van der Waals surface area (Å²) in [7, 11) is 0. The SMILES string of the molecule is OC(CN1CCN(c2ccccc2Cl)CC1)Cn1cnc2ccccc21. The first-order chi connectivity index (χ1) is 12.7. The van der Waals surface area contributed by atoms with Crippen molar-refractivity contribution in [1.29, 1.82) is 0 Å².